The summed E-state index contributed by atoms with van der Waals surface area (Å²) in [6.45, 7) is 3.97. The van der Waals surface area contributed by atoms with Crippen LogP contribution in [0.4, 0.5) is 5.69 Å². The smallest absolute Gasteiger partial charge is 0.221 e. The van der Waals surface area contributed by atoms with Crippen LogP contribution in [0.3, 0.4) is 0 Å². The van der Waals surface area contributed by atoms with E-state index in [2.05, 4.69) is 22.4 Å². The van der Waals surface area contributed by atoms with Crippen molar-refractivity contribution in [1.29, 1.82) is 0 Å². The first-order chi connectivity index (χ1) is 8.52. The molecule has 1 heterocycles. The van der Waals surface area contributed by atoms with E-state index in [1.165, 1.54) is 0 Å². The van der Waals surface area contributed by atoms with E-state index in [1.54, 1.807) is 4.57 Å². The van der Waals surface area contributed by atoms with Crippen molar-refractivity contribution in [2.75, 3.05) is 0 Å². The Morgan fingerprint density at radius 1 is 1.39 bits per heavy atom. The number of aromatic hydroxyl groups is 1. The lowest BCUT2D eigenvalue weighted by Gasteiger charge is -2.10. The van der Waals surface area contributed by atoms with Crippen LogP contribution in [-0.2, 0) is 0 Å². The maximum atomic E-state index is 10.2. The first kappa shape index (κ1) is 12.5. The van der Waals surface area contributed by atoms with E-state index in [-0.39, 0.29) is 17.0 Å². The van der Waals surface area contributed by atoms with Crippen LogP contribution in [-0.4, -0.2) is 14.8 Å². The Bertz CT molecular complexity index is 630. The van der Waals surface area contributed by atoms with Gasteiger partial charge in [-0.1, -0.05) is 18.2 Å². The van der Waals surface area contributed by atoms with Crippen LogP contribution in [0.5, 0.6) is 5.88 Å². The summed E-state index contributed by atoms with van der Waals surface area (Å²) in [6.07, 6.45) is 0. The van der Waals surface area contributed by atoms with Crippen molar-refractivity contribution in [2.24, 2.45) is 16.0 Å². The number of nitrogens with zero attached hydrogens (tertiary/aromatic N) is 3. The van der Waals surface area contributed by atoms with Crippen LogP contribution in [0.25, 0.3) is 10.9 Å². The zero-order valence-electron chi connectivity index (χ0n) is 10.2. The molecule has 3 N–H and O–H groups in total. The van der Waals surface area contributed by atoms with Gasteiger partial charge in [0.1, 0.15) is 0 Å². The van der Waals surface area contributed by atoms with E-state index >= 15 is 0 Å². The van der Waals surface area contributed by atoms with Gasteiger partial charge in [-0.3, -0.25) is 0 Å². The van der Waals surface area contributed by atoms with Gasteiger partial charge in [-0.25, -0.2) is 0 Å². The Kier molecular flexibility index (Phi) is 3.29. The third-order valence-corrected chi connectivity index (χ3v) is 2.71. The van der Waals surface area contributed by atoms with E-state index in [0.29, 0.717) is 5.69 Å². The molecule has 0 bridgehead atoms. The monoisotopic (exact) mass is 262 g/mol. The van der Waals surface area contributed by atoms with E-state index in [1.807, 2.05) is 38.1 Å². The second kappa shape index (κ2) is 4.73. The zero-order valence-corrected chi connectivity index (χ0v) is 11.0. The summed E-state index contributed by atoms with van der Waals surface area (Å²) in [5.74, 6) is 0.0752. The number of azo groups is 1. The maximum Gasteiger partial charge on any atom is 0.221 e. The van der Waals surface area contributed by atoms with Gasteiger partial charge in [0.2, 0.25) is 11.0 Å². The lowest BCUT2D eigenvalue weighted by atomic mass is 10.2. The summed E-state index contributed by atoms with van der Waals surface area (Å²) in [6, 6.07) is 7.71. The van der Waals surface area contributed by atoms with Crippen LogP contribution in [0, 0.1) is 0 Å². The predicted octanol–water partition coefficient (Wildman–Crippen LogP) is 3.26. The molecule has 0 unspecified atom stereocenters. The molecule has 0 spiro atoms. The molecule has 1 aromatic carbocycles. The Morgan fingerprint density at radius 3 is 2.67 bits per heavy atom. The minimum absolute atomic E-state index is 0.0595. The van der Waals surface area contributed by atoms with Crippen LogP contribution in [0.1, 0.15) is 19.9 Å². The molecule has 0 radical (unpaired) electrons. The summed E-state index contributed by atoms with van der Waals surface area (Å²) in [4.78, 5) is 0. The normalized spacial score (nSPS) is 11.7. The fourth-order valence-electron chi connectivity index (χ4n) is 1.95. The zero-order chi connectivity index (χ0) is 13.3. The Morgan fingerprint density at radius 2 is 2.06 bits per heavy atom. The largest absolute Gasteiger partial charge is 0.493 e. The lowest BCUT2D eigenvalue weighted by Crippen LogP contribution is -2.01. The second-order valence-corrected chi connectivity index (χ2v) is 4.61. The molecule has 2 rings (SSSR count). The van der Waals surface area contributed by atoms with Crippen LogP contribution < -0.4 is 5.73 Å². The summed E-state index contributed by atoms with van der Waals surface area (Å²) in [7, 11) is 0. The Balaban J connectivity index is 2.73. The van der Waals surface area contributed by atoms with Gasteiger partial charge in [0.25, 0.3) is 0 Å². The Labute approximate surface area is 110 Å². The van der Waals surface area contributed by atoms with Crippen LogP contribution in [0.2, 0.25) is 0 Å². The van der Waals surface area contributed by atoms with Crippen molar-refractivity contribution < 1.29 is 5.11 Å². The van der Waals surface area contributed by atoms with Crippen molar-refractivity contribution in [2.45, 2.75) is 19.9 Å². The van der Waals surface area contributed by atoms with Crippen molar-refractivity contribution in [1.82, 2.24) is 4.57 Å². The van der Waals surface area contributed by atoms with Crippen LogP contribution >= 0.6 is 12.2 Å². The SMILES string of the molecule is CC(C)n1c(O)c(N=NC(N)=S)c2ccccc21. The first-order valence-corrected chi connectivity index (χ1v) is 5.96. The van der Waals surface area contributed by atoms with E-state index in [0.717, 1.165) is 10.9 Å². The van der Waals surface area contributed by atoms with Crippen molar-refractivity contribution in [3.8, 4) is 5.88 Å². The maximum absolute atomic E-state index is 10.2. The van der Waals surface area contributed by atoms with Gasteiger partial charge in [-0.15, -0.1) is 10.2 Å². The summed E-state index contributed by atoms with van der Waals surface area (Å²) >= 11 is 4.65. The topological polar surface area (TPSA) is 75.9 Å². The van der Waals surface area contributed by atoms with Crippen LogP contribution in [0.15, 0.2) is 34.5 Å². The molecular weight excluding hydrogens is 248 g/mol. The molecule has 94 valence electrons. The number of benzene rings is 1. The summed E-state index contributed by atoms with van der Waals surface area (Å²) in [5, 5.41) is 18.5. The molecule has 0 aliphatic rings. The number of fused-ring (bicyclic) bond motifs is 1. The molecule has 5 nitrogen and oxygen atoms in total. The highest BCUT2D eigenvalue weighted by Crippen LogP contribution is 2.40. The number of para-hydroxylation sites is 1. The summed E-state index contributed by atoms with van der Waals surface area (Å²) < 4.78 is 1.79. The van der Waals surface area contributed by atoms with E-state index < -0.39 is 0 Å². The molecule has 18 heavy (non-hydrogen) atoms. The Hall–Kier alpha value is -1.95. The molecule has 0 aliphatic carbocycles. The van der Waals surface area contributed by atoms with Crippen molar-refractivity contribution in [3.05, 3.63) is 24.3 Å². The molecule has 2 aromatic rings. The molecule has 0 atom stereocenters. The molecule has 0 fully saturated rings. The van der Waals surface area contributed by atoms with Crippen molar-refractivity contribution in [3.63, 3.8) is 0 Å². The highest BCUT2D eigenvalue weighted by atomic mass is 32.1. The minimum Gasteiger partial charge on any atom is -0.493 e. The first-order valence-electron chi connectivity index (χ1n) is 5.55. The number of aromatic nitrogens is 1. The van der Waals surface area contributed by atoms with E-state index in [4.69, 9.17) is 5.73 Å². The molecule has 0 amide bonds. The highest BCUT2D eigenvalue weighted by Gasteiger charge is 2.17. The minimum atomic E-state index is -0.0595. The lowest BCUT2D eigenvalue weighted by molar-refractivity contribution is 0.407. The average molecular weight is 262 g/mol. The fourth-order valence-corrected chi connectivity index (χ4v) is 1.99. The molecule has 0 saturated carbocycles. The van der Waals surface area contributed by atoms with E-state index in [9.17, 15) is 5.11 Å². The van der Waals surface area contributed by atoms with Gasteiger partial charge < -0.3 is 15.4 Å². The van der Waals surface area contributed by atoms with Gasteiger partial charge in [0.05, 0.1) is 5.52 Å². The number of hydrogen-bond acceptors (Lipinski definition) is 3. The number of thiocarbonyl (C=S) groups is 1. The predicted molar refractivity (Wildman–Crippen MR) is 75.3 cm³/mol. The highest BCUT2D eigenvalue weighted by molar-refractivity contribution is 7.80. The third kappa shape index (κ3) is 2.06. The summed E-state index contributed by atoms with van der Waals surface area (Å²) in [5.41, 5.74) is 6.58. The third-order valence-electron chi connectivity index (χ3n) is 2.62. The van der Waals surface area contributed by atoms with Gasteiger partial charge >= 0.3 is 0 Å². The van der Waals surface area contributed by atoms with Crippen molar-refractivity contribution >= 4 is 33.9 Å². The fraction of sp³-hybridized carbons (Fsp3) is 0.250. The quantitative estimate of drug-likeness (QED) is 0.644. The second-order valence-electron chi connectivity index (χ2n) is 4.19. The van der Waals surface area contributed by atoms with Gasteiger partial charge in [-0.2, -0.15) is 0 Å². The number of nitrogens with two attached hydrogens (primary N) is 1. The van der Waals surface area contributed by atoms with Gasteiger partial charge in [0.15, 0.2) is 5.69 Å². The number of hydrogen-bond donors (Lipinski definition) is 2. The molecule has 1 aromatic heterocycles. The molecular formula is C12H14N4OS. The standard InChI is InChI=1S/C12H14N4OS/c1-7(2)16-9-6-4-3-5-8(9)10(11(16)17)14-15-12(13)18/h3-7,17H,1-2H3,(H2,13,18). The number of rotatable bonds is 2. The molecule has 0 aliphatic heterocycles. The average Bonchev–Trinajstić information content (AvgIpc) is 2.58. The van der Waals surface area contributed by atoms with Gasteiger partial charge in [-0.05, 0) is 32.1 Å². The molecule has 6 heteroatoms. The molecule has 0 saturated heterocycles. The van der Waals surface area contributed by atoms with Gasteiger partial charge in [0, 0.05) is 11.4 Å².